The SMILES string of the molecule is Cl.O=C1c2cccc(Br)c2CN1C1CNC1. The van der Waals surface area contributed by atoms with Crippen LogP contribution >= 0.6 is 28.3 Å². The zero-order valence-corrected chi connectivity index (χ0v) is 11.0. The molecule has 0 aromatic heterocycles. The van der Waals surface area contributed by atoms with Crippen LogP contribution < -0.4 is 5.32 Å². The molecule has 5 heteroatoms. The molecule has 0 unspecified atom stereocenters. The Morgan fingerprint density at radius 1 is 1.38 bits per heavy atom. The van der Waals surface area contributed by atoms with Gasteiger partial charge in [0, 0.05) is 29.7 Å². The molecule has 1 saturated heterocycles. The first-order chi connectivity index (χ1) is 7.27. The molecule has 1 fully saturated rings. The number of fused-ring (bicyclic) bond motifs is 1. The summed E-state index contributed by atoms with van der Waals surface area (Å²) in [6.45, 7) is 2.61. The number of hydrogen-bond donors (Lipinski definition) is 1. The van der Waals surface area contributed by atoms with E-state index in [2.05, 4.69) is 21.2 Å². The van der Waals surface area contributed by atoms with E-state index in [1.165, 1.54) is 0 Å². The van der Waals surface area contributed by atoms with Crippen LogP contribution in [0.1, 0.15) is 15.9 Å². The third-order valence-electron chi connectivity index (χ3n) is 3.14. The average molecular weight is 304 g/mol. The number of halogens is 2. The lowest BCUT2D eigenvalue weighted by Crippen LogP contribution is -2.57. The smallest absolute Gasteiger partial charge is 0.254 e. The van der Waals surface area contributed by atoms with Gasteiger partial charge in [0.15, 0.2) is 0 Å². The quantitative estimate of drug-likeness (QED) is 0.858. The minimum atomic E-state index is 0. The minimum Gasteiger partial charge on any atom is -0.329 e. The maximum Gasteiger partial charge on any atom is 0.254 e. The van der Waals surface area contributed by atoms with Gasteiger partial charge in [0.25, 0.3) is 5.91 Å². The molecule has 3 rings (SSSR count). The van der Waals surface area contributed by atoms with Crippen LogP contribution in [0.2, 0.25) is 0 Å². The van der Waals surface area contributed by atoms with Crippen LogP contribution in [0.3, 0.4) is 0 Å². The Hall–Kier alpha value is -0.580. The fourth-order valence-electron chi connectivity index (χ4n) is 2.11. The Labute approximate surface area is 109 Å². The van der Waals surface area contributed by atoms with Crippen molar-refractivity contribution >= 4 is 34.2 Å². The normalized spacial score (nSPS) is 19.1. The fraction of sp³-hybridized carbons (Fsp3) is 0.364. The van der Waals surface area contributed by atoms with Gasteiger partial charge in [-0.25, -0.2) is 0 Å². The van der Waals surface area contributed by atoms with Gasteiger partial charge in [-0.05, 0) is 17.7 Å². The van der Waals surface area contributed by atoms with Gasteiger partial charge in [-0.15, -0.1) is 12.4 Å². The Morgan fingerprint density at radius 2 is 2.12 bits per heavy atom. The summed E-state index contributed by atoms with van der Waals surface area (Å²) in [6.07, 6.45) is 0. The summed E-state index contributed by atoms with van der Waals surface area (Å²) in [6, 6.07) is 6.21. The number of carbonyl (C=O) groups excluding carboxylic acids is 1. The Kier molecular flexibility index (Phi) is 3.24. The highest BCUT2D eigenvalue weighted by molar-refractivity contribution is 9.10. The van der Waals surface area contributed by atoms with Crippen LogP contribution in [-0.4, -0.2) is 29.9 Å². The molecular formula is C11H12BrClN2O. The predicted molar refractivity (Wildman–Crippen MR) is 67.9 cm³/mol. The number of nitrogens with one attached hydrogen (secondary N) is 1. The van der Waals surface area contributed by atoms with E-state index in [4.69, 9.17) is 0 Å². The van der Waals surface area contributed by atoms with Crippen molar-refractivity contribution in [3.05, 3.63) is 33.8 Å². The van der Waals surface area contributed by atoms with Crippen molar-refractivity contribution in [2.45, 2.75) is 12.6 Å². The van der Waals surface area contributed by atoms with Crippen LogP contribution in [0.25, 0.3) is 0 Å². The first-order valence-corrected chi connectivity index (χ1v) is 5.86. The van der Waals surface area contributed by atoms with E-state index in [9.17, 15) is 4.79 Å². The molecule has 86 valence electrons. The van der Waals surface area contributed by atoms with E-state index >= 15 is 0 Å². The number of amides is 1. The largest absolute Gasteiger partial charge is 0.329 e. The summed E-state index contributed by atoms with van der Waals surface area (Å²) < 4.78 is 1.04. The molecule has 0 atom stereocenters. The number of benzene rings is 1. The van der Waals surface area contributed by atoms with Crippen LogP contribution in [-0.2, 0) is 6.54 Å². The lowest BCUT2D eigenvalue weighted by Gasteiger charge is -2.35. The van der Waals surface area contributed by atoms with Crippen LogP contribution in [0.5, 0.6) is 0 Å². The van der Waals surface area contributed by atoms with E-state index in [1.54, 1.807) is 0 Å². The maximum absolute atomic E-state index is 12.1. The van der Waals surface area contributed by atoms with Gasteiger partial charge >= 0.3 is 0 Å². The predicted octanol–water partition coefficient (Wildman–Crippen LogP) is 1.80. The highest BCUT2D eigenvalue weighted by Crippen LogP contribution is 2.30. The summed E-state index contributed by atoms with van der Waals surface area (Å²) in [7, 11) is 0. The third kappa shape index (κ3) is 1.65. The fourth-order valence-corrected chi connectivity index (χ4v) is 2.60. The number of hydrogen-bond acceptors (Lipinski definition) is 2. The van der Waals surface area contributed by atoms with Gasteiger partial charge in [0.1, 0.15) is 0 Å². The maximum atomic E-state index is 12.1. The zero-order valence-electron chi connectivity index (χ0n) is 8.57. The molecule has 1 aromatic carbocycles. The summed E-state index contributed by atoms with van der Waals surface area (Å²) in [5.41, 5.74) is 1.99. The zero-order chi connectivity index (χ0) is 10.4. The summed E-state index contributed by atoms with van der Waals surface area (Å²) in [5.74, 6) is 0.179. The average Bonchev–Trinajstić information content (AvgIpc) is 2.45. The molecule has 3 nitrogen and oxygen atoms in total. The van der Waals surface area contributed by atoms with E-state index in [1.807, 2.05) is 23.1 Å². The second-order valence-corrected chi connectivity index (χ2v) is 4.87. The van der Waals surface area contributed by atoms with Crippen LogP contribution in [0.4, 0.5) is 0 Å². The van der Waals surface area contributed by atoms with Crippen molar-refractivity contribution in [1.82, 2.24) is 10.2 Å². The van der Waals surface area contributed by atoms with Crippen molar-refractivity contribution in [1.29, 1.82) is 0 Å². The molecule has 16 heavy (non-hydrogen) atoms. The van der Waals surface area contributed by atoms with Gasteiger partial charge in [-0.1, -0.05) is 22.0 Å². The molecule has 1 aromatic rings. The highest BCUT2D eigenvalue weighted by Gasteiger charge is 2.35. The second-order valence-electron chi connectivity index (χ2n) is 4.01. The van der Waals surface area contributed by atoms with E-state index < -0.39 is 0 Å². The molecule has 0 radical (unpaired) electrons. The molecule has 2 heterocycles. The number of rotatable bonds is 1. The number of carbonyl (C=O) groups is 1. The summed E-state index contributed by atoms with van der Waals surface area (Å²) >= 11 is 3.50. The number of nitrogens with zero attached hydrogens (tertiary/aromatic N) is 1. The topological polar surface area (TPSA) is 32.3 Å². The van der Waals surface area contributed by atoms with Crippen molar-refractivity contribution in [3.8, 4) is 0 Å². The Balaban J connectivity index is 0.000000963. The van der Waals surface area contributed by atoms with Gasteiger partial charge in [-0.2, -0.15) is 0 Å². The molecule has 0 aliphatic carbocycles. The highest BCUT2D eigenvalue weighted by atomic mass is 79.9. The molecule has 0 spiro atoms. The van der Waals surface area contributed by atoms with E-state index in [-0.39, 0.29) is 18.3 Å². The lowest BCUT2D eigenvalue weighted by atomic mass is 10.1. The molecular weight excluding hydrogens is 291 g/mol. The minimum absolute atomic E-state index is 0. The van der Waals surface area contributed by atoms with Gasteiger partial charge < -0.3 is 10.2 Å². The molecule has 0 saturated carbocycles. The molecule has 2 aliphatic rings. The molecule has 1 N–H and O–H groups in total. The second kappa shape index (κ2) is 4.35. The van der Waals surface area contributed by atoms with Crippen molar-refractivity contribution in [2.24, 2.45) is 0 Å². The Morgan fingerprint density at radius 3 is 2.69 bits per heavy atom. The van der Waals surface area contributed by atoms with Crippen molar-refractivity contribution in [3.63, 3.8) is 0 Å². The van der Waals surface area contributed by atoms with E-state index in [0.717, 1.165) is 35.2 Å². The van der Waals surface area contributed by atoms with Gasteiger partial charge in [0.2, 0.25) is 0 Å². The Bertz CT molecular complexity index is 434. The first-order valence-electron chi connectivity index (χ1n) is 5.06. The molecule has 1 amide bonds. The van der Waals surface area contributed by atoms with Crippen LogP contribution in [0.15, 0.2) is 22.7 Å². The standard InChI is InChI=1S/C11H11BrN2O.ClH/c12-10-3-1-2-8-9(10)6-14(11(8)15)7-4-13-5-7;/h1-3,7,13H,4-6H2;1H. The molecule has 0 bridgehead atoms. The summed E-state index contributed by atoms with van der Waals surface area (Å²) in [4.78, 5) is 14.0. The van der Waals surface area contributed by atoms with Gasteiger partial charge in [0.05, 0.1) is 6.04 Å². The van der Waals surface area contributed by atoms with Crippen LogP contribution in [0, 0.1) is 0 Å². The summed E-state index contributed by atoms with van der Waals surface area (Å²) in [5, 5.41) is 3.19. The van der Waals surface area contributed by atoms with E-state index in [0.29, 0.717) is 6.04 Å². The monoisotopic (exact) mass is 302 g/mol. The van der Waals surface area contributed by atoms with Crippen molar-refractivity contribution in [2.75, 3.05) is 13.1 Å². The lowest BCUT2D eigenvalue weighted by molar-refractivity contribution is 0.0641. The third-order valence-corrected chi connectivity index (χ3v) is 3.88. The van der Waals surface area contributed by atoms with Gasteiger partial charge in [-0.3, -0.25) is 4.79 Å². The van der Waals surface area contributed by atoms with Crippen molar-refractivity contribution < 1.29 is 4.79 Å². The first kappa shape index (κ1) is 11.9. The molecule has 2 aliphatic heterocycles.